The predicted octanol–water partition coefficient (Wildman–Crippen LogP) is 1.95. The Morgan fingerprint density at radius 3 is 2.55 bits per heavy atom. The largest absolute Gasteiger partial charge is 0.399 e. The molecule has 196 valence electrons. The average molecular weight is 514 g/mol. The predicted molar refractivity (Wildman–Crippen MR) is 143 cm³/mol. The maximum Gasteiger partial charge on any atom is 0.251 e. The number of nitrogens with zero attached hydrogens (tertiary/aromatic N) is 3. The maximum absolute atomic E-state index is 13.2. The summed E-state index contributed by atoms with van der Waals surface area (Å²) in [7, 11) is 0. The van der Waals surface area contributed by atoms with E-state index in [4.69, 9.17) is 10.6 Å². The van der Waals surface area contributed by atoms with Crippen LogP contribution in [0.25, 0.3) is 11.1 Å². The van der Waals surface area contributed by atoms with Gasteiger partial charge in [0.05, 0.1) is 18.8 Å². The summed E-state index contributed by atoms with van der Waals surface area (Å²) in [5.74, 6) is 1.14. The molecule has 1 aromatic heterocycles. The van der Waals surface area contributed by atoms with E-state index < -0.39 is 5.54 Å². The Kier molecular flexibility index (Phi) is 6.00. The van der Waals surface area contributed by atoms with Crippen molar-refractivity contribution in [1.29, 1.82) is 0 Å². The van der Waals surface area contributed by atoms with E-state index in [2.05, 4.69) is 31.0 Å². The van der Waals surface area contributed by atoms with Gasteiger partial charge in [0.2, 0.25) is 5.91 Å². The normalized spacial score (nSPS) is 24.3. The van der Waals surface area contributed by atoms with Gasteiger partial charge in [0.25, 0.3) is 5.91 Å². The van der Waals surface area contributed by atoms with Crippen molar-refractivity contribution in [3.63, 3.8) is 0 Å². The molecule has 10 heteroatoms. The molecule has 1 aliphatic carbocycles. The molecule has 0 radical (unpaired) electrons. The first-order valence-electron chi connectivity index (χ1n) is 12.9. The Morgan fingerprint density at radius 2 is 1.82 bits per heavy atom. The minimum atomic E-state index is -0.605. The van der Waals surface area contributed by atoms with Crippen molar-refractivity contribution in [3.05, 3.63) is 71.7 Å². The van der Waals surface area contributed by atoms with Crippen LogP contribution in [0.1, 0.15) is 34.7 Å². The van der Waals surface area contributed by atoms with Gasteiger partial charge in [-0.1, -0.05) is 24.3 Å². The van der Waals surface area contributed by atoms with Gasteiger partial charge in [-0.15, -0.1) is 0 Å². The summed E-state index contributed by atoms with van der Waals surface area (Å²) in [4.78, 5) is 42.8. The number of amides is 2. The third-order valence-electron chi connectivity index (χ3n) is 7.78. The van der Waals surface area contributed by atoms with Crippen LogP contribution in [0.3, 0.4) is 0 Å². The van der Waals surface area contributed by atoms with Crippen LogP contribution in [0.4, 0.5) is 11.5 Å². The third kappa shape index (κ3) is 4.35. The molecular formula is C28H31N7O3. The number of anilines is 2. The minimum Gasteiger partial charge on any atom is -0.399 e. The zero-order valence-corrected chi connectivity index (χ0v) is 21.3. The number of aryl methyl sites for hydroxylation is 1. The van der Waals surface area contributed by atoms with Gasteiger partial charge in [-0.05, 0) is 55.2 Å². The van der Waals surface area contributed by atoms with E-state index in [1.807, 2.05) is 49.4 Å². The van der Waals surface area contributed by atoms with Crippen LogP contribution in [-0.4, -0.2) is 53.6 Å². The van der Waals surface area contributed by atoms with Crippen molar-refractivity contribution in [2.45, 2.75) is 31.8 Å². The zero-order valence-electron chi connectivity index (χ0n) is 21.3. The minimum absolute atomic E-state index is 0.0182. The van der Waals surface area contributed by atoms with E-state index in [9.17, 15) is 9.59 Å². The van der Waals surface area contributed by atoms with Gasteiger partial charge in [0.1, 0.15) is 17.2 Å². The molecule has 38 heavy (non-hydrogen) atoms. The van der Waals surface area contributed by atoms with Crippen LogP contribution in [-0.2, 0) is 16.2 Å². The molecule has 3 saturated heterocycles. The van der Waals surface area contributed by atoms with Crippen molar-refractivity contribution >= 4 is 23.3 Å². The molecule has 4 heterocycles. The fourth-order valence-electron chi connectivity index (χ4n) is 6.00. The fraction of sp³-hybridized carbons (Fsp3) is 0.357. The lowest BCUT2D eigenvalue weighted by Crippen LogP contribution is -2.62. The molecule has 5 N–H and O–H groups in total. The van der Waals surface area contributed by atoms with Crippen molar-refractivity contribution in [3.8, 4) is 11.1 Å². The molecule has 2 amide bonds. The molecule has 3 aliphatic heterocycles. The SMILES string of the molecule is Cc1nc(CNC(=O)c2ccc(-c3ccc(N)cc3)cc2)cc(N2CC34CNOCCNC(=O)C2(C3)C4)n1. The van der Waals surface area contributed by atoms with Crippen LogP contribution in [0.5, 0.6) is 0 Å². The molecule has 7 rings (SSSR count). The standard InChI is InChI=1S/C28H31N7O3/c1-18-33-23(13-31-25(36)21-4-2-19(3-5-21)20-6-8-22(29)9-7-20)12-24(34-18)35-17-27-14-28(35,15-27)26(37)30-10-11-38-32-16-27/h2-9,12,32H,10-11,13-17,29H2,1H3,(H,30,37)(H,31,36). The zero-order chi connectivity index (χ0) is 26.3. The van der Waals surface area contributed by atoms with Crippen LogP contribution in [0, 0.1) is 12.3 Å². The molecular weight excluding hydrogens is 482 g/mol. The van der Waals surface area contributed by atoms with Crippen LogP contribution < -0.4 is 26.7 Å². The number of aromatic nitrogens is 2. The number of carbonyl (C=O) groups excluding carboxylic acids is 2. The highest BCUT2D eigenvalue weighted by molar-refractivity contribution is 5.95. The van der Waals surface area contributed by atoms with Crippen LogP contribution >= 0.6 is 0 Å². The monoisotopic (exact) mass is 513 g/mol. The molecule has 10 nitrogen and oxygen atoms in total. The first kappa shape index (κ1) is 24.3. The van der Waals surface area contributed by atoms with Crippen molar-refractivity contribution < 1.29 is 14.4 Å². The average Bonchev–Trinajstić information content (AvgIpc) is 3.41. The second-order valence-corrected chi connectivity index (χ2v) is 10.5. The summed E-state index contributed by atoms with van der Waals surface area (Å²) in [6, 6.07) is 17.0. The highest BCUT2D eigenvalue weighted by Gasteiger charge is 2.69. The third-order valence-corrected chi connectivity index (χ3v) is 7.78. The van der Waals surface area contributed by atoms with E-state index in [0.29, 0.717) is 54.8 Å². The first-order valence-corrected chi connectivity index (χ1v) is 12.9. The van der Waals surface area contributed by atoms with Crippen LogP contribution in [0.2, 0.25) is 0 Å². The van der Waals surface area contributed by atoms with E-state index in [1.54, 1.807) is 12.1 Å². The quantitative estimate of drug-likeness (QED) is 0.381. The smallest absolute Gasteiger partial charge is 0.251 e. The van der Waals surface area contributed by atoms with Gasteiger partial charge in [-0.3, -0.25) is 14.4 Å². The van der Waals surface area contributed by atoms with Gasteiger partial charge in [0.15, 0.2) is 0 Å². The number of nitrogens with one attached hydrogen (secondary N) is 3. The molecule has 4 aliphatic rings. The summed E-state index contributed by atoms with van der Waals surface area (Å²) in [6.07, 6.45) is 1.51. The molecule has 3 aromatic rings. The number of hydrogen-bond acceptors (Lipinski definition) is 8. The first-order chi connectivity index (χ1) is 18.4. The van der Waals surface area contributed by atoms with E-state index in [0.717, 1.165) is 24.0 Å². The number of hydrogen-bond donors (Lipinski definition) is 4. The highest BCUT2D eigenvalue weighted by Crippen LogP contribution is 2.60. The Bertz CT molecular complexity index is 1370. The summed E-state index contributed by atoms with van der Waals surface area (Å²) >= 11 is 0. The van der Waals surface area contributed by atoms with E-state index in [1.165, 1.54) is 0 Å². The Labute approximate surface area is 220 Å². The number of nitrogen functional groups attached to an aromatic ring is 1. The number of hydroxylamine groups is 1. The number of carbonyl (C=O) groups is 2. The molecule has 2 aromatic carbocycles. The Balaban J connectivity index is 1.16. The molecule has 4 fully saturated rings. The summed E-state index contributed by atoms with van der Waals surface area (Å²) < 4.78 is 0. The van der Waals surface area contributed by atoms with Crippen LogP contribution in [0.15, 0.2) is 54.6 Å². The highest BCUT2D eigenvalue weighted by atomic mass is 16.6. The number of rotatable bonds is 5. The number of fused-ring (bicyclic) bond motifs is 1. The lowest BCUT2D eigenvalue weighted by atomic mass is 9.61. The number of nitrogens with two attached hydrogens (primary N) is 1. The topological polar surface area (TPSA) is 134 Å². The summed E-state index contributed by atoms with van der Waals surface area (Å²) in [5.41, 5.74) is 12.2. The van der Waals surface area contributed by atoms with Gasteiger partial charge < -0.3 is 21.3 Å². The summed E-state index contributed by atoms with van der Waals surface area (Å²) in [5, 5.41) is 5.97. The molecule has 1 saturated carbocycles. The lowest BCUT2D eigenvalue weighted by Gasteiger charge is -2.47. The molecule has 0 spiro atoms. The van der Waals surface area contributed by atoms with E-state index in [-0.39, 0.29) is 23.8 Å². The Morgan fingerprint density at radius 1 is 1.11 bits per heavy atom. The second kappa shape index (κ2) is 9.38. The van der Waals surface area contributed by atoms with Crippen molar-refractivity contribution in [1.82, 2.24) is 26.1 Å². The van der Waals surface area contributed by atoms with Crippen molar-refractivity contribution in [2.75, 3.05) is 36.9 Å². The van der Waals surface area contributed by atoms with E-state index >= 15 is 0 Å². The van der Waals surface area contributed by atoms with Gasteiger partial charge in [0, 0.05) is 42.4 Å². The fourth-order valence-corrected chi connectivity index (χ4v) is 6.00. The van der Waals surface area contributed by atoms with Gasteiger partial charge >= 0.3 is 0 Å². The van der Waals surface area contributed by atoms with Crippen molar-refractivity contribution in [2.24, 2.45) is 5.41 Å². The lowest BCUT2D eigenvalue weighted by molar-refractivity contribution is -0.133. The molecule has 0 atom stereocenters. The number of benzene rings is 2. The Hall–Kier alpha value is -4.02. The van der Waals surface area contributed by atoms with Gasteiger partial charge in [-0.2, -0.15) is 0 Å². The molecule has 0 unspecified atom stereocenters. The van der Waals surface area contributed by atoms with Gasteiger partial charge in [-0.25, -0.2) is 15.4 Å². The molecule has 2 bridgehead atoms. The second-order valence-electron chi connectivity index (χ2n) is 10.5. The summed E-state index contributed by atoms with van der Waals surface area (Å²) in [6.45, 7) is 4.37. The maximum atomic E-state index is 13.2.